The molecule has 59 heavy (non-hydrogen) atoms. The van der Waals surface area contributed by atoms with Gasteiger partial charge in [0.05, 0.1) is 22.3 Å². The molecule has 0 fully saturated rings. The fraction of sp³-hybridized carbons (Fsp3) is 0. The topological polar surface area (TPSA) is 56.7 Å². The molecule has 9 aromatic carbocycles. The molecule has 5 nitrogen and oxygen atoms in total. The summed E-state index contributed by atoms with van der Waals surface area (Å²) in [7, 11) is 0. The maximum Gasteiger partial charge on any atom is 0.167 e. The van der Waals surface area contributed by atoms with Crippen molar-refractivity contribution in [2.24, 2.45) is 0 Å². The molecule has 0 aliphatic rings. The molecule has 0 spiro atoms. The molecule has 0 aliphatic heterocycles. The van der Waals surface area contributed by atoms with Crippen molar-refractivity contribution < 1.29 is 4.42 Å². The molecule has 13 aromatic rings. The Kier molecular flexibility index (Phi) is 6.82. The Bertz CT molecular complexity index is 3860. The Hall–Kier alpha value is -7.67. The predicted molar refractivity (Wildman–Crippen MR) is 246 cm³/mol. The molecule has 274 valence electrons. The van der Waals surface area contributed by atoms with E-state index in [0.29, 0.717) is 17.5 Å². The SMILES string of the molecule is c1ccc(-c2nc(-c3cc4ccccc4c4c3oc3c(-n5c6ccccc6c6c7ccccc7ccc65)cccc34)nc(-c3cccc4sc5ccccc5c34)n2)cc1. The van der Waals surface area contributed by atoms with Crippen molar-refractivity contribution in [2.75, 3.05) is 0 Å². The molecule has 0 radical (unpaired) electrons. The number of benzene rings is 9. The van der Waals surface area contributed by atoms with Crippen LogP contribution in [0.25, 0.3) is 125 Å². The minimum atomic E-state index is 0.560. The van der Waals surface area contributed by atoms with Crippen LogP contribution < -0.4 is 0 Å². The Morgan fingerprint density at radius 2 is 1.03 bits per heavy atom. The maximum absolute atomic E-state index is 7.27. The highest BCUT2D eigenvalue weighted by molar-refractivity contribution is 7.25. The first kappa shape index (κ1) is 32.4. The van der Waals surface area contributed by atoms with Gasteiger partial charge in [-0.2, -0.15) is 0 Å². The van der Waals surface area contributed by atoms with E-state index in [0.717, 1.165) is 71.5 Å². The molecule has 0 aliphatic carbocycles. The number of aromatic nitrogens is 4. The van der Waals surface area contributed by atoms with Crippen molar-refractivity contribution in [1.82, 2.24) is 19.5 Å². The Morgan fingerprint density at radius 3 is 1.90 bits per heavy atom. The highest BCUT2D eigenvalue weighted by Gasteiger charge is 2.24. The van der Waals surface area contributed by atoms with E-state index in [-0.39, 0.29) is 0 Å². The summed E-state index contributed by atoms with van der Waals surface area (Å²) >= 11 is 1.79. The van der Waals surface area contributed by atoms with Crippen LogP contribution >= 0.6 is 11.3 Å². The summed E-state index contributed by atoms with van der Waals surface area (Å²) in [5.74, 6) is 1.79. The van der Waals surface area contributed by atoms with Crippen LogP contribution in [0.1, 0.15) is 0 Å². The smallest absolute Gasteiger partial charge is 0.167 e. The number of hydrogen-bond acceptors (Lipinski definition) is 5. The van der Waals surface area contributed by atoms with Crippen LogP contribution in [0.3, 0.4) is 0 Å². The lowest BCUT2D eigenvalue weighted by Crippen LogP contribution is -2.00. The third kappa shape index (κ3) is 4.75. The molecule has 0 atom stereocenters. The zero-order valence-electron chi connectivity index (χ0n) is 31.4. The summed E-state index contributed by atoms with van der Waals surface area (Å²) in [4.78, 5) is 15.8. The first-order valence-corrected chi connectivity index (χ1v) is 20.6. The Balaban J connectivity index is 1.13. The third-order valence-corrected chi connectivity index (χ3v) is 13.0. The number of para-hydroxylation sites is 2. The molecule has 0 amide bonds. The number of nitrogens with zero attached hydrogens (tertiary/aromatic N) is 4. The van der Waals surface area contributed by atoms with Gasteiger partial charge in [-0.1, -0.05) is 146 Å². The molecule has 0 saturated carbocycles. The van der Waals surface area contributed by atoms with Crippen molar-refractivity contribution >= 4 is 96.8 Å². The van der Waals surface area contributed by atoms with Gasteiger partial charge in [0.25, 0.3) is 0 Å². The van der Waals surface area contributed by atoms with E-state index in [2.05, 4.69) is 168 Å². The molecule has 4 aromatic heterocycles. The molecule has 0 unspecified atom stereocenters. The summed E-state index contributed by atoms with van der Waals surface area (Å²) in [6.07, 6.45) is 0. The van der Waals surface area contributed by atoms with Gasteiger partial charge in [-0.15, -0.1) is 11.3 Å². The number of furan rings is 1. The highest BCUT2D eigenvalue weighted by Crippen LogP contribution is 2.45. The lowest BCUT2D eigenvalue weighted by atomic mass is 9.99. The standard InChI is InChI=1S/C53H30N4OS/c1-2-15-32(16-3-1)51-54-52(39-23-13-27-45-47(39)37-21-9-11-26-44(37)59-45)56-53(55-51)40-30-33-17-5-7-19-35(33)48-38-22-12-25-43(49(38)58-50(40)48)57-41-24-10-8-20-36(41)46-34-18-6-4-14-31(34)28-29-42(46)57/h1-30H. The van der Waals surface area contributed by atoms with E-state index in [1.165, 1.54) is 36.3 Å². The van der Waals surface area contributed by atoms with Gasteiger partial charge in [0.15, 0.2) is 23.1 Å². The Morgan fingerprint density at radius 1 is 0.390 bits per heavy atom. The van der Waals surface area contributed by atoms with Crippen molar-refractivity contribution in [3.8, 4) is 39.9 Å². The van der Waals surface area contributed by atoms with E-state index >= 15 is 0 Å². The average molecular weight is 771 g/mol. The van der Waals surface area contributed by atoms with Crippen molar-refractivity contribution in [3.05, 3.63) is 182 Å². The maximum atomic E-state index is 7.27. The fourth-order valence-electron chi connectivity index (χ4n) is 9.27. The summed E-state index contributed by atoms with van der Waals surface area (Å²) in [5.41, 5.74) is 7.50. The van der Waals surface area contributed by atoms with Crippen LogP contribution in [0.15, 0.2) is 186 Å². The van der Waals surface area contributed by atoms with E-state index in [4.69, 9.17) is 19.4 Å². The summed E-state index contributed by atoms with van der Waals surface area (Å²) in [5, 5.41) is 11.5. The second kappa shape index (κ2) is 12.4. The lowest BCUT2D eigenvalue weighted by molar-refractivity contribution is 0.667. The minimum Gasteiger partial charge on any atom is -0.453 e. The second-order valence-electron chi connectivity index (χ2n) is 15.1. The van der Waals surface area contributed by atoms with Crippen LogP contribution in [0, 0.1) is 0 Å². The molecule has 6 heteroatoms. The van der Waals surface area contributed by atoms with Crippen molar-refractivity contribution in [3.63, 3.8) is 0 Å². The summed E-state index contributed by atoms with van der Waals surface area (Å²) in [6, 6.07) is 64.2. The average Bonchev–Trinajstić information content (AvgIpc) is 3.99. The van der Waals surface area contributed by atoms with Gasteiger partial charge >= 0.3 is 0 Å². The van der Waals surface area contributed by atoms with Crippen LogP contribution in [-0.2, 0) is 0 Å². The fourth-order valence-corrected chi connectivity index (χ4v) is 10.4. The van der Waals surface area contributed by atoms with E-state index < -0.39 is 0 Å². The van der Waals surface area contributed by atoms with Crippen LogP contribution in [0.5, 0.6) is 0 Å². The molecular weight excluding hydrogens is 741 g/mol. The first-order chi connectivity index (χ1) is 29.3. The van der Waals surface area contributed by atoms with Crippen molar-refractivity contribution in [1.29, 1.82) is 0 Å². The zero-order chi connectivity index (χ0) is 38.6. The monoisotopic (exact) mass is 770 g/mol. The summed E-state index contributed by atoms with van der Waals surface area (Å²) in [6.45, 7) is 0. The number of hydrogen-bond donors (Lipinski definition) is 0. The van der Waals surface area contributed by atoms with Gasteiger partial charge in [-0.25, -0.2) is 15.0 Å². The second-order valence-corrected chi connectivity index (χ2v) is 16.2. The number of fused-ring (bicyclic) bond motifs is 13. The summed E-state index contributed by atoms with van der Waals surface area (Å²) < 4.78 is 12.1. The Labute approximate surface area is 341 Å². The van der Waals surface area contributed by atoms with Gasteiger partial charge in [-0.05, 0) is 57.9 Å². The van der Waals surface area contributed by atoms with Gasteiger partial charge in [0, 0.05) is 52.8 Å². The molecule has 0 bridgehead atoms. The quantitative estimate of drug-likeness (QED) is 0.179. The van der Waals surface area contributed by atoms with Gasteiger partial charge in [0.2, 0.25) is 0 Å². The van der Waals surface area contributed by atoms with E-state index in [1.807, 2.05) is 18.2 Å². The first-order valence-electron chi connectivity index (χ1n) is 19.8. The molecular formula is C53H30N4OS. The molecule has 13 rings (SSSR count). The number of rotatable bonds is 4. The van der Waals surface area contributed by atoms with Crippen LogP contribution in [-0.4, -0.2) is 19.5 Å². The normalized spacial score (nSPS) is 12.1. The lowest BCUT2D eigenvalue weighted by Gasteiger charge is -2.11. The predicted octanol–water partition coefficient (Wildman–Crippen LogP) is 14.5. The zero-order valence-corrected chi connectivity index (χ0v) is 32.2. The van der Waals surface area contributed by atoms with E-state index in [9.17, 15) is 0 Å². The van der Waals surface area contributed by atoms with Crippen LogP contribution in [0.2, 0.25) is 0 Å². The minimum absolute atomic E-state index is 0.560. The van der Waals surface area contributed by atoms with Crippen LogP contribution in [0.4, 0.5) is 0 Å². The highest BCUT2D eigenvalue weighted by atomic mass is 32.1. The van der Waals surface area contributed by atoms with E-state index in [1.54, 1.807) is 11.3 Å². The molecule has 0 saturated heterocycles. The van der Waals surface area contributed by atoms with Gasteiger partial charge in [-0.3, -0.25) is 0 Å². The number of thiophene rings is 1. The largest absolute Gasteiger partial charge is 0.453 e. The van der Waals surface area contributed by atoms with Crippen molar-refractivity contribution in [2.45, 2.75) is 0 Å². The molecule has 0 N–H and O–H groups in total. The third-order valence-electron chi connectivity index (χ3n) is 11.8. The van der Waals surface area contributed by atoms with Gasteiger partial charge < -0.3 is 8.98 Å². The van der Waals surface area contributed by atoms with Gasteiger partial charge in [0.1, 0.15) is 5.58 Å². The molecule has 4 heterocycles.